The fraction of sp³-hybridized carbons (Fsp3) is 0.241. The average molecular weight is 486 g/mol. The predicted molar refractivity (Wildman–Crippen MR) is 142 cm³/mol. The Labute approximate surface area is 211 Å². The summed E-state index contributed by atoms with van der Waals surface area (Å²) in [6.07, 6.45) is 1.69. The number of carbonyl (C=O) groups excluding carboxylic acids is 1. The van der Waals surface area contributed by atoms with Gasteiger partial charge in [0.2, 0.25) is 5.91 Å². The number of aromatic nitrogens is 1. The van der Waals surface area contributed by atoms with Crippen molar-refractivity contribution in [1.29, 1.82) is 0 Å². The van der Waals surface area contributed by atoms with Crippen LogP contribution >= 0.6 is 0 Å². The lowest BCUT2D eigenvalue weighted by Gasteiger charge is -2.22. The number of hydrogen-bond acceptors (Lipinski definition) is 6. The SMILES string of the molecule is COc1cc2nccc(Oc3ccc(NC(=O)[C@@H](NCc4ccccc4)C(C)C)cc3)c2cc1OC. The molecule has 4 aromatic rings. The monoisotopic (exact) mass is 485 g/mol. The van der Waals surface area contributed by atoms with Crippen molar-refractivity contribution in [2.45, 2.75) is 26.4 Å². The van der Waals surface area contributed by atoms with Gasteiger partial charge in [0.05, 0.1) is 25.8 Å². The van der Waals surface area contributed by atoms with Crippen molar-refractivity contribution < 1.29 is 19.0 Å². The molecule has 2 N–H and O–H groups in total. The van der Waals surface area contributed by atoms with Crippen LogP contribution in [0.2, 0.25) is 0 Å². The van der Waals surface area contributed by atoms with Gasteiger partial charge in [-0.3, -0.25) is 9.78 Å². The van der Waals surface area contributed by atoms with Gasteiger partial charge in [-0.15, -0.1) is 0 Å². The Morgan fingerprint density at radius 1 is 0.889 bits per heavy atom. The number of benzene rings is 3. The van der Waals surface area contributed by atoms with Gasteiger partial charge in [-0.2, -0.15) is 0 Å². The number of anilines is 1. The Hall–Kier alpha value is -4.10. The van der Waals surface area contributed by atoms with E-state index in [9.17, 15) is 4.79 Å². The molecular formula is C29H31N3O4. The maximum atomic E-state index is 13.0. The highest BCUT2D eigenvalue weighted by molar-refractivity contribution is 5.95. The number of pyridine rings is 1. The summed E-state index contributed by atoms with van der Waals surface area (Å²) in [7, 11) is 3.18. The van der Waals surface area contributed by atoms with Gasteiger partial charge in [0.1, 0.15) is 11.5 Å². The Bertz CT molecular complexity index is 1310. The minimum Gasteiger partial charge on any atom is -0.493 e. The summed E-state index contributed by atoms with van der Waals surface area (Å²) < 4.78 is 16.9. The molecule has 186 valence electrons. The Morgan fingerprint density at radius 2 is 1.58 bits per heavy atom. The third-order valence-corrected chi connectivity index (χ3v) is 5.87. The van der Waals surface area contributed by atoms with Crippen LogP contribution in [-0.4, -0.2) is 31.2 Å². The normalized spacial score (nSPS) is 11.8. The molecule has 0 unspecified atom stereocenters. The molecular weight excluding hydrogens is 454 g/mol. The van der Waals surface area contributed by atoms with E-state index >= 15 is 0 Å². The molecule has 36 heavy (non-hydrogen) atoms. The van der Waals surface area contributed by atoms with Crippen LogP contribution in [0.15, 0.2) is 79.0 Å². The van der Waals surface area contributed by atoms with Gasteiger partial charge in [-0.1, -0.05) is 44.2 Å². The minimum atomic E-state index is -0.323. The molecule has 1 amide bonds. The number of rotatable bonds is 10. The second-order valence-corrected chi connectivity index (χ2v) is 8.74. The summed E-state index contributed by atoms with van der Waals surface area (Å²) in [6.45, 7) is 4.69. The molecule has 0 aliphatic heterocycles. The minimum absolute atomic E-state index is 0.0734. The summed E-state index contributed by atoms with van der Waals surface area (Å²) >= 11 is 0. The second kappa shape index (κ2) is 11.6. The van der Waals surface area contributed by atoms with Crippen LogP contribution in [0.4, 0.5) is 5.69 Å². The Morgan fingerprint density at radius 3 is 2.25 bits per heavy atom. The summed E-state index contributed by atoms with van der Waals surface area (Å²) in [5.74, 6) is 2.54. The van der Waals surface area contributed by atoms with E-state index in [1.165, 1.54) is 0 Å². The number of fused-ring (bicyclic) bond motifs is 1. The van der Waals surface area contributed by atoms with E-state index < -0.39 is 0 Å². The topological polar surface area (TPSA) is 81.7 Å². The van der Waals surface area contributed by atoms with E-state index in [0.717, 1.165) is 16.5 Å². The number of methoxy groups -OCH3 is 2. The molecule has 0 fully saturated rings. The molecule has 1 aromatic heterocycles. The smallest absolute Gasteiger partial charge is 0.241 e. The molecule has 0 bridgehead atoms. The number of nitrogens with one attached hydrogen (secondary N) is 2. The van der Waals surface area contributed by atoms with Crippen molar-refractivity contribution in [3.8, 4) is 23.0 Å². The molecule has 7 heteroatoms. The zero-order valence-electron chi connectivity index (χ0n) is 20.9. The van der Waals surface area contributed by atoms with Crippen molar-refractivity contribution in [3.05, 3.63) is 84.6 Å². The van der Waals surface area contributed by atoms with Gasteiger partial charge >= 0.3 is 0 Å². The van der Waals surface area contributed by atoms with E-state index in [4.69, 9.17) is 14.2 Å². The first-order valence-corrected chi connectivity index (χ1v) is 11.9. The van der Waals surface area contributed by atoms with Gasteiger partial charge in [-0.05, 0) is 47.9 Å². The Kier molecular flexibility index (Phi) is 8.02. The van der Waals surface area contributed by atoms with Crippen molar-refractivity contribution in [3.63, 3.8) is 0 Å². The first-order valence-electron chi connectivity index (χ1n) is 11.9. The van der Waals surface area contributed by atoms with Gasteiger partial charge in [-0.25, -0.2) is 0 Å². The number of carbonyl (C=O) groups is 1. The van der Waals surface area contributed by atoms with Crippen molar-refractivity contribution >= 4 is 22.5 Å². The highest BCUT2D eigenvalue weighted by Crippen LogP contribution is 2.37. The van der Waals surface area contributed by atoms with Crippen LogP contribution in [0, 0.1) is 5.92 Å². The lowest BCUT2D eigenvalue weighted by atomic mass is 10.0. The zero-order valence-corrected chi connectivity index (χ0v) is 20.9. The quantitative estimate of drug-likeness (QED) is 0.296. The second-order valence-electron chi connectivity index (χ2n) is 8.74. The maximum Gasteiger partial charge on any atom is 0.241 e. The Balaban J connectivity index is 1.44. The fourth-order valence-corrected chi connectivity index (χ4v) is 3.94. The van der Waals surface area contributed by atoms with Crippen LogP contribution < -0.4 is 24.8 Å². The molecule has 1 heterocycles. The fourth-order valence-electron chi connectivity index (χ4n) is 3.94. The summed E-state index contributed by atoms with van der Waals surface area (Å²) in [6, 6.07) is 22.5. The lowest BCUT2D eigenvalue weighted by molar-refractivity contribution is -0.119. The molecule has 4 rings (SSSR count). The number of amides is 1. The van der Waals surface area contributed by atoms with Crippen LogP contribution in [0.1, 0.15) is 19.4 Å². The highest BCUT2D eigenvalue weighted by Gasteiger charge is 2.21. The number of nitrogens with zero attached hydrogens (tertiary/aromatic N) is 1. The molecule has 0 saturated carbocycles. The van der Waals surface area contributed by atoms with Gasteiger partial charge in [0.15, 0.2) is 11.5 Å². The average Bonchev–Trinajstić information content (AvgIpc) is 2.89. The standard InChI is InChI=1S/C29H31N3O4/c1-19(2)28(31-18-20-8-6-5-7-9-20)29(33)32-21-10-12-22(13-11-21)36-25-14-15-30-24-17-27(35-4)26(34-3)16-23(24)25/h5-17,19,28,31H,18H2,1-4H3,(H,32,33)/t28-/m0/s1. The van der Waals surface area contributed by atoms with Crippen LogP contribution in [0.25, 0.3) is 10.9 Å². The first kappa shape index (κ1) is 25.0. The molecule has 0 spiro atoms. The molecule has 0 saturated heterocycles. The maximum absolute atomic E-state index is 13.0. The van der Waals surface area contributed by atoms with Crippen LogP contribution in [0.3, 0.4) is 0 Å². The van der Waals surface area contributed by atoms with E-state index in [2.05, 4.69) is 15.6 Å². The summed E-state index contributed by atoms with van der Waals surface area (Å²) in [5.41, 5.74) is 2.57. The third kappa shape index (κ3) is 5.93. The van der Waals surface area contributed by atoms with Gasteiger partial charge in [0, 0.05) is 29.9 Å². The molecule has 0 aliphatic carbocycles. The molecule has 3 aromatic carbocycles. The number of ether oxygens (including phenoxy) is 3. The molecule has 1 atom stereocenters. The van der Waals surface area contributed by atoms with Crippen molar-refractivity contribution in [2.24, 2.45) is 5.92 Å². The first-order chi connectivity index (χ1) is 17.5. The van der Waals surface area contributed by atoms with E-state index in [0.29, 0.717) is 35.2 Å². The third-order valence-electron chi connectivity index (χ3n) is 5.87. The molecule has 0 aliphatic rings. The van der Waals surface area contributed by atoms with E-state index in [1.807, 2.05) is 80.6 Å². The van der Waals surface area contributed by atoms with Crippen LogP contribution in [-0.2, 0) is 11.3 Å². The summed E-state index contributed by atoms with van der Waals surface area (Å²) in [5, 5.41) is 7.19. The van der Waals surface area contributed by atoms with Gasteiger partial charge < -0.3 is 24.8 Å². The zero-order chi connectivity index (χ0) is 25.5. The van der Waals surface area contributed by atoms with Crippen LogP contribution in [0.5, 0.6) is 23.0 Å². The molecule has 0 radical (unpaired) electrons. The molecule has 7 nitrogen and oxygen atoms in total. The van der Waals surface area contributed by atoms with E-state index in [-0.39, 0.29) is 17.9 Å². The number of hydrogen-bond donors (Lipinski definition) is 2. The van der Waals surface area contributed by atoms with E-state index in [1.54, 1.807) is 26.5 Å². The predicted octanol–water partition coefficient (Wildman–Crippen LogP) is 5.80. The van der Waals surface area contributed by atoms with Gasteiger partial charge in [0.25, 0.3) is 0 Å². The summed E-state index contributed by atoms with van der Waals surface area (Å²) in [4.78, 5) is 17.4. The highest BCUT2D eigenvalue weighted by atomic mass is 16.5. The largest absolute Gasteiger partial charge is 0.493 e. The lowest BCUT2D eigenvalue weighted by Crippen LogP contribution is -2.43. The van der Waals surface area contributed by atoms with Crippen molar-refractivity contribution in [1.82, 2.24) is 10.3 Å². The van der Waals surface area contributed by atoms with Crippen molar-refractivity contribution in [2.75, 3.05) is 19.5 Å².